The second kappa shape index (κ2) is 8.98. The summed E-state index contributed by atoms with van der Waals surface area (Å²) in [6, 6.07) is 0.599. The van der Waals surface area contributed by atoms with Crippen molar-refractivity contribution in [1.82, 2.24) is 15.1 Å². The van der Waals surface area contributed by atoms with Crippen molar-refractivity contribution in [2.75, 3.05) is 39.3 Å². The topological polar surface area (TPSA) is 61.9 Å². The highest BCUT2D eigenvalue weighted by Gasteiger charge is 2.24. The lowest BCUT2D eigenvalue weighted by molar-refractivity contribution is -0.132. The number of piperazine rings is 1. The highest BCUT2D eigenvalue weighted by molar-refractivity contribution is 5.77. The van der Waals surface area contributed by atoms with Crippen molar-refractivity contribution in [3.05, 3.63) is 0 Å². The summed E-state index contributed by atoms with van der Waals surface area (Å²) in [5.74, 6) is 0.187. The first-order valence-corrected chi connectivity index (χ1v) is 8.63. The fraction of sp³-hybridized carbons (Fsp3) is 0.875. The summed E-state index contributed by atoms with van der Waals surface area (Å²) in [7, 11) is 0. The van der Waals surface area contributed by atoms with Crippen LogP contribution in [0.2, 0.25) is 0 Å². The first-order valence-electron chi connectivity index (χ1n) is 8.63. The van der Waals surface area contributed by atoms with E-state index in [0.29, 0.717) is 45.2 Å². The minimum absolute atomic E-state index is 0.187. The van der Waals surface area contributed by atoms with Crippen LogP contribution < -0.4 is 5.32 Å². The van der Waals surface area contributed by atoms with Crippen LogP contribution in [0.4, 0.5) is 4.79 Å². The highest BCUT2D eigenvalue weighted by Crippen LogP contribution is 2.17. The summed E-state index contributed by atoms with van der Waals surface area (Å²) in [4.78, 5) is 27.3. The summed E-state index contributed by atoms with van der Waals surface area (Å²) in [5.41, 5.74) is 0. The fourth-order valence-electron chi connectivity index (χ4n) is 3.20. The van der Waals surface area contributed by atoms with Gasteiger partial charge in [-0.3, -0.25) is 4.79 Å². The van der Waals surface area contributed by atoms with Gasteiger partial charge in [0.2, 0.25) is 5.91 Å². The smallest absolute Gasteiger partial charge is 0.409 e. The summed E-state index contributed by atoms with van der Waals surface area (Å²) in [6.45, 7) is 5.33. The van der Waals surface area contributed by atoms with Gasteiger partial charge in [-0.2, -0.15) is 0 Å². The minimum Gasteiger partial charge on any atom is -0.450 e. The molecule has 6 nitrogen and oxygen atoms in total. The standard InChI is InChI=1S/C16H29N3O3/c1-2-22-16(21)19-12-10-18(11-13-19)15(20)8-9-17-14-6-4-3-5-7-14/h14,17H,2-13H2,1H3. The van der Waals surface area contributed by atoms with Crippen molar-refractivity contribution in [1.29, 1.82) is 0 Å². The van der Waals surface area contributed by atoms with Crippen LogP contribution in [0.3, 0.4) is 0 Å². The Kier molecular flexibility index (Phi) is 6.96. The molecule has 0 atom stereocenters. The third-order valence-corrected chi connectivity index (χ3v) is 4.54. The molecule has 1 aliphatic heterocycles. The lowest BCUT2D eigenvalue weighted by Crippen LogP contribution is -2.51. The van der Waals surface area contributed by atoms with Gasteiger partial charge in [-0.25, -0.2) is 4.79 Å². The van der Waals surface area contributed by atoms with Crippen molar-refractivity contribution >= 4 is 12.0 Å². The highest BCUT2D eigenvalue weighted by atomic mass is 16.6. The molecule has 0 radical (unpaired) electrons. The number of hydrogen-bond acceptors (Lipinski definition) is 4. The molecular formula is C16H29N3O3. The van der Waals surface area contributed by atoms with Crippen molar-refractivity contribution < 1.29 is 14.3 Å². The molecule has 22 heavy (non-hydrogen) atoms. The lowest BCUT2D eigenvalue weighted by atomic mass is 9.95. The second-order valence-electron chi connectivity index (χ2n) is 6.11. The first kappa shape index (κ1) is 17.1. The van der Waals surface area contributed by atoms with Gasteiger partial charge in [0.1, 0.15) is 0 Å². The number of carbonyl (C=O) groups excluding carboxylic acids is 2. The van der Waals surface area contributed by atoms with E-state index in [0.717, 1.165) is 6.54 Å². The third-order valence-electron chi connectivity index (χ3n) is 4.54. The largest absolute Gasteiger partial charge is 0.450 e. The average molecular weight is 311 g/mol. The zero-order valence-corrected chi connectivity index (χ0v) is 13.7. The van der Waals surface area contributed by atoms with Crippen molar-refractivity contribution in [3.8, 4) is 0 Å². The van der Waals surface area contributed by atoms with Crippen LogP contribution in [0.15, 0.2) is 0 Å². The molecule has 1 saturated carbocycles. The van der Waals surface area contributed by atoms with Gasteiger partial charge in [-0.1, -0.05) is 19.3 Å². The fourth-order valence-corrected chi connectivity index (χ4v) is 3.20. The maximum Gasteiger partial charge on any atom is 0.409 e. The monoisotopic (exact) mass is 311 g/mol. The van der Waals surface area contributed by atoms with E-state index >= 15 is 0 Å². The van der Waals surface area contributed by atoms with E-state index in [9.17, 15) is 9.59 Å². The van der Waals surface area contributed by atoms with Crippen LogP contribution in [0.25, 0.3) is 0 Å². The van der Waals surface area contributed by atoms with Gasteiger partial charge in [-0.05, 0) is 19.8 Å². The predicted molar refractivity (Wildman–Crippen MR) is 84.7 cm³/mol. The van der Waals surface area contributed by atoms with E-state index < -0.39 is 0 Å². The molecule has 1 aliphatic carbocycles. The Hall–Kier alpha value is -1.30. The normalized spacial score (nSPS) is 20.0. The van der Waals surface area contributed by atoms with E-state index in [1.165, 1.54) is 32.1 Å². The summed E-state index contributed by atoms with van der Waals surface area (Å²) >= 11 is 0. The van der Waals surface area contributed by atoms with E-state index in [1.54, 1.807) is 11.8 Å². The van der Waals surface area contributed by atoms with E-state index in [4.69, 9.17) is 4.74 Å². The molecule has 126 valence electrons. The van der Waals surface area contributed by atoms with Crippen LogP contribution in [-0.4, -0.2) is 67.2 Å². The molecule has 0 aromatic heterocycles. The van der Waals surface area contributed by atoms with Crippen LogP contribution >= 0.6 is 0 Å². The number of carbonyl (C=O) groups is 2. The Bertz CT molecular complexity index is 362. The van der Waals surface area contributed by atoms with Gasteiger partial charge in [-0.15, -0.1) is 0 Å². The van der Waals surface area contributed by atoms with Gasteiger partial charge in [0.25, 0.3) is 0 Å². The Morgan fingerprint density at radius 1 is 1.05 bits per heavy atom. The van der Waals surface area contributed by atoms with Crippen molar-refractivity contribution in [2.45, 2.75) is 51.5 Å². The molecule has 2 rings (SSSR count). The Balaban J connectivity index is 1.61. The van der Waals surface area contributed by atoms with Crippen molar-refractivity contribution in [2.24, 2.45) is 0 Å². The van der Waals surface area contributed by atoms with Crippen LogP contribution in [0, 0.1) is 0 Å². The number of amides is 2. The van der Waals surface area contributed by atoms with Crippen LogP contribution in [-0.2, 0) is 9.53 Å². The van der Waals surface area contributed by atoms with Crippen molar-refractivity contribution in [3.63, 3.8) is 0 Å². The Labute approximate surface area is 133 Å². The summed E-state index contributed by atoms with van der Waals surface area (Å²) < 4.78 is 4.98. The first-order chi connectivity index (χ1) is 10.7. The van der Waals surface area contributed by atoms with Gasteiger partial charge in [0, 0.05) is 45.2 Å². The van der Waals surface area contributed by atoms with Gasteiger partial charge >= 0.3 is 6.09 Å². The molecule has 1 saturated heterocycles. The molecule has 0 spiro atoms. The van der Waals surface area contributed by atoms with E-state index in [-0.39, 0.29) is 12.0 Å². The van der Waals surface area contributed by atoms with E-state index in [2.05, 4.69) is 5.32 Å². The van der Waals surface area contributed by atoms with E-state index in [1.807, 2.05) is 4.90 Å². The van der Waals surface area contributed by atoms with Gasteiger partial charge in [0.15, 0.2) is 0 Å². The second-order valence-corrected chi connectivity index (χ2v) is 6.11. The molecule has 0 unspecified atom stereocenters. The molecule has 0 aromatic carbocycles. The molecule has 1 N–H and O–H groups in total. The zero-order valence-electron chi connectivity index (χ0n) is 13.7. The molecule has 6 heteroatoms. The third kappa shape index (κ3) is 5.16. The van der Waals surface area contributed by atoms with Gasteiger partial charge in [0.05, 0.1) is 6.61 Å². The number of nitrogens with one attached hydrogen (secondary N) is 1. The molecule has 1 heterocycles. The Morgan fingerprint density at radius 3 is 2.32 bits per heavy atom. The molecular weight excluding hydrogens is 282 g/mol. The summed E-state index contributed by atoms with van der Waals surface area (Å²) in [6.07, 6.45) is 6.73. The van der Waals surface area contributed by atoms with Crippen LogP contribution in [0.1, 0.15) is 45.4 Å². The Morgan fingerprint density at radius 2 is 1.68 bits per heavy atom. The average Bonchev–Trinajstić information content (AvgIpc) is 2.56. The summed E-state index contributed by atoms with van der Waals surface area (Å²) in [5, 5.41) is 3.50. The van der Waals surface area contributed by atoms with Gasteiger partial charge < -0.3 is 19.9 Å². The number of rotatable bonds is 5. The minimum atomic E-state index is -0.270. The number of ether oxygens (including phenoxy) is 1. The molecule has 2 amide bonds. The number of hydrogen-bond donors (Lipinski definition) is 1. The predicted octanol–water partition coefficient (Wildman–Crippen LogP) is 1.60. The molecule has 0 bridgehead atoms. The number of nitrogens with zero attached hydrogens (tertiary/aromatic N) is 2. The molecule has 2 fully saturated rings. The molecule has 2 aliphatic rings. The molecule has 0 aromatic rings. The lowest BCUT2D eigenvalue weighted by Gasteiger charge is -2.34. The maximum absolute atomic E-state index is 12.2. The maximum atomic E-state index is 12.2. The SMILES string of the molecule is CCOC(=O)N1CCN(C(=O)CCNC2CCCCC2)CC1. The zero-order chi connectivity index (χ0) is 15.8. The quantitative estimate of drug-likeness (QED) is 0.838. The van der Waals surface area contributed by atoms with Crippen LogP contribution in [0.5, 0.6) is 0 Å².